The van der Waals surface area contributed by atoms with Crippen molar-refractivity contribution < 1.29 is 29.3 Å². The van der Waals surface area contributed by atoms with E-state index in [0.29, 0.717) is 25.0 Å². The van der Waals surface area contributed by atoms with Gasteiger partial charge in [-0.1, -0.05) is 13.2 Å². The lowest BCUT2D eigenvalue weighted by Crippen LogP contribution is -1.99. The lowest BCUT2D eigenvalue weighted by molar-refractivity contribution is -0.133. The zero-order chi connectivity index (χ0) is 15.1. The molecule has 2 unspecified atom stereocenters. The van der Waals surface area contributed by atoms with E-state index in [1.54, 1.807) is 0 Å². The summed E-state index contributed by atoms with van der Waals surface area (Å²) in [4.78, 5) is 20.4. The monoisotopic (exact) mass is 284 g/mol. The molecule has 0 spiro atoms. The summed E-state index contributed by atoms with van der Waals surface area (Å²) in [5.41, 5.74) is 0.547. The van der Waals surface area contributed by atoms with Crippen molar-refractivity contribution in [2.45, 2.75) is 37.9 Å². The molecule has 20 heavy (non-hydrogen) atoms. The highest BCUT2D eigenvalue weighted by molar-refractivity contribution is 5.86. The number of hydrogen-bond acceptors (Lipinski definition) is 4. The van der Waals surface area contributed by atoms with E-state index >= 15 is 0 Å². The van der Waals surface area contributed by atoms with Crippen molar-refractivity contribution in [3.63, 3.8) is 0 Å². The Morgan fingerprint density at radius 3 is 1.40 bits per heavy atom. The molecule has 112 valence electrons. The van der Waals surface area contributed by atoms with Gasteiger partial charge in [-0.3, -0.25) is 0 Å². The van der Waals surface area contributed by atoms with Crippen molar-refractivity contribution in [2.75, 3.05) is 13.2 Å². The highest BCUT2D eigenvalue weighted by Gasteiger charge is 2.23. The maximum absolute atomic E-state index is 10.2. The zero-order valence-electron chi connectivity index (χ0n) is 11.3. The first kappa shape index (κ1) is 16.4. The Labute approximate surface area is 117 Å². The minimum absolute atomic E-state index is 0.274. The van der Waals surface area contributed by atoms with Crippen molar-refractivity contribution in [3.05, 3.63) is 24.3 Å². The van der Waals surface area contributed by atoms with Crippen LogP contribution in [-0.2, 0) is 19.1 Å². The average Bonchev–Trinajstić information content (AvgIpc) is 3.27. The Balaban J connectivity index is 0.000000200. The fraction of sp³-hybridized carbons (Fsp3) is 0.571. The summed E-state index contributed by atoms with van der Waals surface area (Å²) in [6.45, 7) is 8.37. The van der Waals surface area contributed by atoms with Gasteiger partial charge in [-0.15, -0.1) is 0 Å². The molecule has 2 rings (SSSR count). The standard InChI is InChI=1S/2C7H10O3/c2*1-5(7(8)9)2-3-6-4-10-6/h2*6H,1-4H2,(H,8,9). The molecular formula is C14H20O6. The SMILES string of the molecule is C=C(CCC1CO1)C(=O)O.C=C(CCC1CO1)C(=O)O. The van der Waals surface area contributed by atoms with Gasteiger partial charge in [0.25, 0.3) is 0 Å². The fourth-order valence-electron chi connectivity index (χ4n) is 1.35. The van der Waals surface area contributed by atoms with E-state index in [0.717, 1.165) is 26.1 Å². The van der Waals surface area contributed by atoms with E-state index in [4.69, 9.17) is 19.7 Å². The summed E-state index contributed by atoms with van der Waals surface area (Å²) in [6.07, 6.45) is 3.28. The molecule has 0 aliphatic carbocycles. The minimum Gasteiger partial charge on any atom is -0.478 e. The van der Waals surface area contributed by atoms with Gasteiger partial charge in [-0.25, -0.2) is 9.59 Å². The third kappa shape index (κ3) is 7.70. The summed E-state index contributed by atoms with van der Waals surface area (Å²) in [7, 11) is 0. The van der Waals surface area contributed by atoms with Crippen LogP contribution in [0.2, 0.25) is 0 Å². The molecule has 0 aromatic heterocycles. The van der Waals surface area contributed by atoms with Crippen LogP contribution >= 0.6 is 0 Å². The molecule has 6 nitrogen and oxygen atoms in total. The van der Waals surface area contributed by atoms with E-state index in [1.165, 1.54) is 0 Å². The Kier molecular flexibility index (Phi) is 6.41. The predicted octanol–water partition coefficient (Wildman–Crippen LogP) is 1.61. The number of hydrogen-bond donors (Lipinski definition) is 2. The van der Waals surface area contributed by atoms with Gasteiger partial charge in [0.15, 0.2) is 0 Å². The van der Waals surface area contributed by atoms with Crippen LogP contribution in [0, 0.1) is 0 Å². The predicted molar refractivity (Wildman–Crippen MR) is 71.5 cm³/mol. The molecule has 0 aromatic carbocycles. The smallest absolute Gasteiger partial charge is 0.330 e. The van der Waals surface area contributed by atoms with Gasteiger partial charge >= 0.3 is 11.9 Å². The van der Waals surface area contributed by atoms with Crippen LogP contribution in [0.1, 0.15) is 25.7 Å². The Morgan fingerprint density at radius 1 is 0.900 bits per heavy atom. The van der Waals surface area contributed by atoms with Gasteiger partial charge in [-0.05, 0) is 25.7 Å². The lowest BCUT2D eigenvalue weighted by Gasteiger charge is -1.95. The summed E-state index contributed by atoms with van der Waals surface area (Å²) in [5, 5.41) is 16.7. The molecule has 2 aliphatic rings. The quantitative estimate of drug-likeness (QED) is 0.519. The number of epoxide rings is 2. The molecule has 0 bridgehead atoms. The summed E-state index contributed by atoms with van der Waals surface area (Å²) in [6, 6.07) is 0. The van der Waals surface area contributed by atoms with Crippen LogP contribution in [-0.4, -0.2) is 47.6 Å². The topological polar surface area (TPSA) is 99.7 Å². The number of rotatable bonds is 8. The van der Waals surface area contributed by atoms with Gasteiger partial charge in [0, 0.05) is 11.1 Å². The average molecular weight is 284 g/mol. The number of carboxylic acids is 2. The van der Waals surface area contributed by atoms with Crippen molar-refractivity contribution in [1.29, 1.82) is 0 Å². The van der Waals surface area contributed by atoms with E-state index in [1.807, 2.05) is 0 Å². The van der Waals surface area contributed by atoms with Crippen LogP contribution in [0.4, 0.5) is 0 Å². The van der Waals surface area contributed by atoms with Crippen LogP contribution in [0.15, 0.2) is 24.3 Å². The lowest BCUT2D eigenvalue weighted by atomic mass is 10.1. The highest BCUT2D eigenvalue weighted by Crippen LogP contribution is 2.18. The maximum atomic E-state index is 10.2. The second-order valence-corrected chi connectivity index (χ2v) is 4.81. The summed E-state index contributed by atoms with van der Waals surface area (Å²) in [5.74, 6) is -1.80. The molecular weight excluding hydrogens is 264 g/mol. The Bertz CT molecular complexity index is 354. The van der Waals surface area contributed by atoms with Gasteiger partial charge in [0.1, 0.15) is 0 Å². The van der Waals surface area contributed by atoms with E-state index in [-0.39, 0.29) is 11.1 Å². The van der Waals surface area contributed by atoms with E-state index in [9.17, 15) is 9.59 Å². The molecule has 2 fully saturated rings. The molecule has 2 N–H and O–H groups in total. The number of carboxylic acid groups (broad SMARTS) is 2. The molecule has 2 aliphatic heterocycles. The van der Waals surface area contributed by atoms with Crippen LogP contribution in [0.3, 0.4) is 0 Å². The van der Waals surface area contributed by atoms with E-state index in [2.05, 4.69) is 13.2 Å². The van der Waals surface area contributed by atoms with Crippen molar-refractivity contribution in [1.82, 2.24) is 0 Å². The fourth-order valence-corrected chi connectivity index (χ4v) is 1.35. The van der Waals surface area contributed by atoms with Crippen LogP contribution in [0.5, 0.6) is 0 Å². The molecule has 0 radical (unpaired) electrons. The van der Waals surface area contributed by atoms with Crippen LogP contribution in [0.25, 0.3) is 0 Å². The number of carbonyl (C=O) groups is 2. The number of aliphatic carboxylic acids is 2. The molecule has 0 amide bonds. The largest absolute Gasteiger partial charge is 0.478 e. The van der Waals surface area contributed by atoms with Crippen molar-refractivity contribution in [3.8, 4) is 0 Å². The van der Waals surface area contributed by atoms with Gasteiger partial charge < -0.3 is 19.7 Å². The first-order chi connectivity index (χ1) is 9.40. The van der Waals surface area contributed by atoms with Crippen molar-refractivity contribution >= 4 is 11.9 Å². The minimum atomic E-state index is -0.902. The van der Waals surface area contributed by atoms with Gasteiger partial charge in [0.2, 0.25) is 0 Å². The normalized spacial score (nSPS) is 22.2. The second-order valence-electron chi connectivity index (χ2n) is 4.81. The summed E-state index contributed by atoms with van der Waals surface area (Å²) >= 11 is 0. The first-order valence-corrected chi connectivity index (χ1v) is 6.45. The molecule has 2 saturated heterocycles. The van der Waals surface area contributed by atoms with Crippen LogP contribution < -0.4 is 0 Å². The second kappa shape index (κ2) is 7.81. The molecule has 0 aromatic rings. The van der Waals surface area contributed by atoms with Gasteiger partial charge in [-0.2, -0.15) is 0 Å². The third-order valence-corrected chi connectivity index (χ3v) is 2.95. The van der Waals surface area contributed by atoms with Gasteiger partial charge in [0.05, 0.1) is 25.4 Å². The molecule has 2 atom stereocenters. The first-order valence-electron chi connectivity index (χ1n) is 6.45. The highest BCUT2D eigenvalue weighted by atomic mass is 16.6. The summed E-state index contributed by atoms with van der Waals surface area (Å²) < 4.78 is 9.81. The van der Waals surface area contributed by atoms with Crippen molar-refractivity contribution in [2.24, 2.45) is 0 Å². The molecule has 6 heteroatoms. The zero-order valence-corrected chi connectivity index (χ0v) is 11.3. The Morgan fingerprint density at radius 2 is 1.20 bits per heavy atom. The molecule has 0 saturated carbocycles. The Hall–Kier alpha value is -1.66. The third-order valence-electron chi connectivity index (χ3n) is 2.95. The van der Waals surface area contributed by atoms with E-state index < -0.39 is 11.9 Å². The molecule has 2 heterocycles. The number of ether oxygens (including phenoxy) is 2. The maximum Gasteiger partial charge on any atom is 0.330 e.